The molecule has 5 nitrogen and oxygen atoms in total. The van der Waals surface area contributed by atoms with E-state index in [0.29, 0.717) is 12.6 Å². The number of hydrogen-bond acceptors (Lipinski definition) is 3. The molecule has 0 bridgehead atoms. The Balaban J connectivity index is 2.40. The molecular formula is C13H26N2O3S. The first-order valence-electron chi connectivity index (χ1n) is 7.03. The summed E-state index contributed by atoms with van der Waals surface area (Å²) in [5.41, 5.74) is 0. The van der Waals surface area contributed by atoms with Gasteiger partial charge in [0, 0.05) is 25.6 Å². The Hall–Kier alpha value is -0.620. The average Bonchev–Trinajstić information content (AvgIpc) is 2.74. The van der Waals surface area contributed by atoms with Gasteiger partial charge in [0.05, 0.1) is 6.26 Å². The highest BCUT2D eigenvalue weighted by Crippen LogP contribution is 2.17. The molecule has 0 aromatic rings. The highest BCUT2D eigenvalue weighted by molar-refractivity contribution is 7.88. The van der Waals surface area contributed by atoms with Crippen LogP contribution in [0.15, 0.2) is 0 Å². The summed E-state index contributed by atoms with van der Waals surface area (Å²) in [5.74, 6) is 0.219. The van der Waals surface area contributed by atoms with Gasteiger partial charge >= 0.3 is 0 Å². The number of carbonyl (C=O) groups excluding carboxylic acids is 1. The van der Waals surface area contributed by atoms with Crippen LogP contribution in [0.3, 0.4) is 0 Å². The summed E-state index contributed by atoms with van der Waals surface area (Å²) >= 11 is 0. The number of nitrogens with one attached hydrogen (secondary N) is 1. The molecule has 0 radical (unpaired) electrons. The van der Waals surface area contributed by atoms with Gasteiger partial charge < -0.3 is 5.32 Å². The molecule has 1 aliphatic rings. The van der Waals surface area contributed by atoms with Crippen molar-refractivity contribution in [1.29, 1.82) is 0 Å². The molecule has 0 spiro atoms. The smallest absolute Gasteiger partial charge is 0.221 e. The molecule has 0 aromatic heterocycles. The van der Waals surface area contributed by atoms with Gasteiger partial charge in [0.15, 0.2) is 0 Å². The molecule has 0 atom stereocenters. The minimum Gasteiger partial charge on any atom is -0.353 e. The third-order valence-electron chi connectivity index (χ3n) is 3.35. The molecule has 19 heavy (non-hydrogen) atoms. The normalized spacial score (nSPS) is 17.3. The lowest BCUT2D eigenvalue weighted by molar-refractivity contribution is -0.121. The zero-order valence-corrected chi connectivity index (χ0v) is 13.0. The van der Waals surface area contributed by atoms with Crippen LogP contribution in [0.1, 0.15) is 46.0 Å². The topological polar surface area (TPSA) is 66.5 Å². The summed E-state index contributed by atoms with van der Waals surface area (Å²) in [6.07, 6.45) is 5.89. The molecule has 0 saturated heterocycles. The summed E-state index contributed by atoms with van der Waals surface area (Å²) in [5, 5.41) is 2.98. The zero-order chi connectivity index (χ0) is 14.5. The monoisotopic (exact) mass is 290 g/mol. The summed E-state index contributed by atoms with van der Waals surface area (Å²) in [6, 6.07) is 0.296. The van der Waals surface area contributed by atoms with Crippen molar-refractivity contribution < 1.29 is 13.2 Å². The van der Waals surface area contributed by atoms with Gasteiger partial charge in [-0.3, -0.25) is 4.79 Å². The van der Waals surface area contributed by atoms with E-state index in [2.05, 4.69) is 5.32 Å². The second-order valence-electron chi connectivity index (χ2n) is 5.81. The minimum absolute atomic E-state index is 0.0377. The van der Waals surface area contributed by atoms with Gasteiger partial charge in [-0.2, -0.15) is 0 Å². The van der Waals surface area contributed by atoms with Gasteiger partial charge in [-0.05, 0) is 18.8 Å². The van der Waals surface area contributed by atoms with Crippen molar-refractivity contribution in [3.8, 4) is 0 Å². The largest absolute Gasteiger partial charge is 0.353 e. The van der Waals surface area contributed by atoms with E-state index in [9.17, 15) is 13.2 Å². The maximum atomic E-state index is 11.8. The van der Waals surface area contributed by atoms with E-state index in [-0.39, 0.29) is 24.8 Å². The fraction of sp³-hybridized carbons (Fsp3) is 0.923. The van der Waals surface area contributed by atoms with Gasteiger partial charge in [0.25, 0.3) is 0 Å². The Bertz CT molecular complexity index is 387. The molecule has 1 fully saturated rings. The van der Waals surface area contributed by atoms with Crippen molar-refractivity contribution in [3.05, 3.63) is 0 Å². The van der Waals surface area contributed by atoms with Crippen molar-refractivity contribution in [2.75, 3.05) is 19.3 Å². The number of rotatable bonds is 7. The van der Waals surface area contributed by atoms with Crippen LogP contribution in [-0.2, 0) is 14.8 Å². The number of amides is 1. The summed E-state index contributed by atoms with van der Waals surface area (Å²) in [4.78, 5) is 11.8. The molecule has 1 saturated carbocycles. The van der Waals surface area contributed by atoms with Crippen LogP contribution < -0.4 is 5.32 Å². The Morgan fingerprint density at radius 2 is 1.89 bits per heavy atom. The number of hydrogen-bond donors (Lipinski definition) is 1. The van der Waals surface area contributed by atoms with Gasteiger partial charge in [0.2, 0.25) is 15.9 Å². The van der Waals surface area contributed by atoms with E-state index >= 15 is 0 Å². The molecule has 6 heteroatoms. The van der Waals surface area contributed by atoms with E-state index in [0.717, 1.165) is 12.8 Å². The number of sulfonamides is 1. The second kappa shape index (κ2) is 7.24. The Kier molecular flexibility index (Phi) is 6.26. The molecule has 112 valence electrons. The van der Waals surface area contributed by atoms with Gasteiger partial charge in [-0.15, -0.1) is 0 Å². The molecule has 1 N–H and O–H groups in total. The maximum Gasteiger partial charge on any atom is 0.221 e. The lowest BCUT2D eigenvalue weighted by atomic mass is 10.2. The third-order valence-corrected chi connectivity index (χ3v) is 4.62. The van der Waals surface area contributed by atoms with Gasteiger partial charge in [-0.25, -0.2) is 12.7 Å². The van der Waals surface area contributed by atoms with Crippen LogP contribution in [-0.4, -0.2) is 44.0 Å². The summed E-state index contributed by atoms with van der Waals surface area (Å²) in [7, 11) is -3.23. The predicted octanol–water partition coefficient (Wildman–Crippen LogP) is 1.35. The Morgan fingerprint density at radius 1 is 1.32 bits per heavy atom. The summed E-state index contributed by atoms with van der Waals surface area (Å²) in [6.45, 7) is 4.68. The van der Waals surface area contributed by atoms with E-state index in [4.69, 9.17) is 0 Å². The van der Waals surface area contributed by atoms with E-state index in [1.807, 2.05) is 13.8 Å². The standard InChI is InChI=1S/C13H26N2O3S/c1-11(2)10-15(19(3,17)18)9-8-13(16)14-12-6-4-5-7-12/h11-12H,4-10H2,1-3H3,(H,14,16). The fourth-order valence-corrected chi connectivity index (χ4v) is 3.39. The van der Waals surface area contributed by atoms with Crippen molar-refractivity contribution in [2.24, 2.45) is 5.92 Å². The molecule has 0 heterocycles. The molecule has 1 aliphatic carbocycles. The van der Waals surface area contributed by atoms with Crippen molar-refractivity contribution >= 4 is 15.9 Å². The molecule has 1 amide bonds. The molecule has 0 unspecified atom stereocenters. The van der Waals surface area contributed by atoms with Gasteiger partial charge in [-0.1, -0.05) is 26.7 Å². The minimum atomic E-state index is -3.23. The summed E-state index contributed by atoms with van der Waals surface area (Å²) < 4.78 is 24.6. The zero-order valence-electron chi connectivity index (χ0n) is 12.2. The van der Waals surface area contributed by atoms with Crippen LogP contribution in [0.4, 0.5) is 0 Å². The van der Waals surface area contributed by atoms with Crippen LogP contribution in [0.25, 0.3) is 0 Å². The first kappa shape index (κ1) is 16.4. The van der Waals surface area contributed by atoms with E-state index in [1.165, 1.54) is 23.4 Å². The quantitative estimate of drug-likeness (QED) is 0.769. The van der Waals surface area contributed by atoms with E-state index in [1.54, 1.807) is 0 Å². The van der Waals surface area contributed by atoms with Crippen LogP contribution in [0, 0.1) is 5.92 Å². The first-order chi connectivity index (χ1) is 8.79. The van der Waals surface area contributed by atoms with Crippen LogP contribution >= 0.6 is 0 Å². The third kappa shape index (κ3) is 6.38. The second-order valence-corrected chi connectivity index (χ2v) is 7.80. The van der Waals surface area contributed by atoms with Crippen LogP contribution in [0.5, 0.6) is 0 Å². The van der Waals surface area contributed by atoms with Gasteiger partial charge in [0.1, 0.15) is 0 Å². The van der Waals surface area contributed by atoms with Crippen molar-refractivity contribution in [3.63, 3.8) is 0 Å². The maximum absolute atomic E-state index is 11.8. The molecular weight excluding hydrogens is 264 g/mol. The Labute approximate surface area is 116 Å². The predicted molar refractivity (Wildman–Crippen MR) is 76.3 cm³/mol. The highest BCUT2D eigenvalue weighted by Gasteiger charge is 2.21. The average molecular weight is 290 g/mol. The molecule has 0 aliphatic heterocycles. The highest BCUT2D eigenvalue weighted by atomic mass is 32.2. The van der Waals surface area contributed by atoms with Crippen LogP contribution in [0.2, 0.25) is 0 Å². The number of carbonyl (C=O) groups is 1. The SMILES string of the molecule is CC(C)CN(CCC(=O)NC1CCCC1)S(C)(=O)=O. The number of nitrogens with zero attached hydrogens (tertiary/aromatic N) is 1. The lowest BCUT2D eigenvalue weighted by Gasteiger charge is -2.22. The fourth-order valence-electron chi connectivity index (χ4n) is 2.40. The molecule has 0 aromatic carbocycles. The van der Waals surface area contributed by atoms with Crippen molar-refractivity contribution in [1.82, 2.24) is 9.62 Å². The van der Waals surface area contributed by atoms with E-state index < -0.39 is 10.0 Å². The first-order valence-corrected chi connectivity index (χ1v) is 8.88. The lowest BCUT2D eigenvalue weighted by Crippen LogP contribution is -2.38. The molecule has 1 rings (SSSR count). The Morgan fingerprint density at radius 3 is 2.37 bits per heavy atom. The van der Waals surface area contributed by atoms with Crippen molar-refractivity contribution in [2.45, 2.75) is 52.0 Å².